The molecular formula is C24H42N4O8. The number of carbonyl (C=O) groups is 4. The van der Waals surface area contributed by atoms with Crippen molar-refractivity contribution in [1.82, 2.24) is 21.1 Å². The van der Waals surface area contributed by atoms with Crippen molar-refractivity contribution in [2.75, 3.05) is 41.1 Å². The van der Waals surface area contributed by atoms with Crippen molar-refractivity contribution in [3.63, 3.8) is 0 Å². The maximum atomic E-state index is 12.6. The van der Waals surface area contributed by atoms with Crippen LogP contribution in [0, 0.1) is 12.8 Å². The maximum absolute atomic E-state index is 12.6. The summed E-state index contributed by atoms with van der Waals surface area (Å²) in [4.78, 5) is 49.6. The van der Waals surface area contributed by atoms with Gasteiger partial charge in [-0.25, -0.2) is 0 Å². The summed E-state index contributed by atoms with van der Waals surface area (Å²) in [7, 11) is 4.63. The molecule has 0 bridgehead atoms. The van der Waals surface area contributed by atoms with Gasteiger partial charge < -0.3 is 34.7 Å². The first kappa shape index (κ1) is 33.2. The lowest BCUT2D eigenvalue weighted by Gasteiger charge is -2.22. The molecule has 0 spiro atoms. The molecule has 3 atom stereocenters. The molecule has 12 heteroatoms. The van der Waals surface area contributed by atoms with E-state index in [4.69, 9.17) is 14.0 Å². The molecule has 1 aromatic rings. The highest BCUT2D eigenvalue weighted by Crippen LogP contribution is 2.29. The van der Waals surface area contributed by atoms with Crippen molar-refractivity contribution < 1.29 is 37.9 Å². The Morgan fingerprint density at radius 3 is 2.14 bits per heavy atom. The van der Waals surface area contributed by atoms with E-state index in [0.29, 0.717) is 18.8 Å². The molecule has 0 unspecified atom stereocenters. The molecule has 1 aliphatic rings. The number of hydrogen-bond acceptors (Lipinski definition) is 9. The number of ether oxygens (including phenoxy) is 3. The number of amides is 3. The summed E-state index contributed by atoms with van der Waals surface area (Å²) >= 11 is 0. The zero-order chi connectivity index (χ0) is 27.9. The SMILES string of the molecule is CC.COC.COC[C@H](NC(=O)c1cc(C)on1)C(=O)NCC(=O)N[C@@H](CC(C)C)C(=O)[C@@]1(C)CO1. The zero-order valence-corrected chi connectivity index (χ0v) is 22.9. The van der Waals surface area contributed by atoms with Crippen molar-refractivity contribution in [2.24, 2.45) is 5.92 Å². The van der Waals surface area contributed by atoms with Crippen molar-refractivity contribution in [1.29, 1.82) is 0 Å². The molecule has 2 heterocycles. The smallest absolute Gasteiger partial charge is 0.274 e. The van der Waals surface area contributed by atoms with Crippen molar-refractivity contribution >= 4 is 23.5 Å². The van der Waals surface area contributed by atoms with Crippen molar-refractivity contribution in [3.8, 4) is 0 Å². The highest BCUT2D eigenvalue weighted by Gasteiger charge is 2.50. The molecule has 0 aliphatic carbocycles. The van der Waals surface area contributed by atoms with E-state index in [1.165, 1.54) is 13.2 Å². The number of methoxy groups -OCH3 is 2. The van der Waals surface area contributed by atoms with Crippen LogP contribution in [0.4, 0.5) is 0 Å². The van der Waals surface area contributed by atoms with Gasteiger partial charge in [-0.2, -0.15) is 0 Å². The van der Waals surface area contributed by atoms with E-state index in [1.54, 1.807) is 28.1 Å². The molecule has 1 fully saturated rings. The summed E-state index contributed by atoms with van der Waals surface area (Å²) in [6, 6.07) is -0.323. The van der Waals surface area contributed by atoms with Crippen LogP contribution < -0.4 is 16.0 Å². The highest BCUT2D eigenvalue weighted by molar-refractivity contribution is 5.98. The monoisotopic (exact) mass is 514 g/mol. The van der Waals surface area contributed by atoms with Gasteiger partial charge in [0.25, 0.3) is 5.91 Å². The summed E-state index contributed by atoms with van der Waals surface area (Å²) in [6.45, 7) is 11.1. The largest absolute Gasteiger partial charge is 0.388 e. The molecule has 206 valence electrons. The average molecular weight is 515 g/mol. The van der Waals surface area contributed by atoms with Gasteiger partial charge in [-0.1, -0.05) is 32.9 Å². The second kappa shape index (κ2) is 16.8. The molecule has 3 amide bonds. The molecule has 2 rings (SSSR count). The molecular weight excluding hydrogens is 472 g/mol. The normalized spacial score (nSPS) is 17.4. The molecule has 1 saturated heterocycles. The first-order valence-electron chi connectivity index (χ1n) is 11.9. The van der Waals surface area contributed by atoms with Crippen LogP contribution in [0.25, 0.3) is 0 Å². The molecule has 1 aromatic heterocycles. The molecule has 1 aliphatic heterocycles. The van der Waals surface area contributed by atoms with E-state index in [2.05, 4.69) is 25.8 Å². The summed E-state index contributed by atoms with van der Waals surface area (Å²) in [6.07, 6.45) is 0.455. The minimum Gasteiger partial charge on any atom is -0.388 e. The third-order valence-corrected chi connectivity index (χ3v) is 4.70. The Labute approximate surface area is 213 Å². The van der Waals surface area contributed by atoms with E-state index in [9.17, 15) is 19.2 Å². The number of nitrogens with zero attached hydrogens (tertiary/aromatic N) is 1. The van der Waals surface area contributed by atoms with Gasteiger partial charge in [0.05, 0.1) is 25.8 Å². The van der Waals surface area contributed by atoms with E-state index in [-0.39, 0.29) is 30.5 Å². The van der Waals surface area contributed by atoms with E-state index in [1.807, 2.05) is 27.7 Å². The van der Waals surface area contributed by atoms with E-state index >= 15 is 0 Å². The molecule has 3 N–H and O–H groups in total. The lowest BCUT2D eigenvalue weighted by Crippen LogP contribution is -2.53. The average Bonchev–Trinajstić information content (AvgIpc) is 3.43. The topological polar surface area (TPSA) is 161 Å². The first-order valence-corrected chi connectivity index (χ1v) is 11.9. The van der Waals surface area contributed by atoms with Crippen LogP contribution in [0.3, 0.4) is 0 Å². The van der Waals surface area contributed by atoms with E-state index < -0.39 is 35.4 Å². The first-order chi connectivity index (χ1) is 17.0. The minimum absolute atomic E-state index is 0.0231. The predicted molar refractivity (Wildman–Crippen MR) is 132 cm³/mol. The van der Waals surface area contributed by atoms with Crippen LogP contribution in [-0.4, -0.2) is 87.4 Å². The Morgan fingerprint density at radius 1 is 1.11 bits per heavy atom. The van der Waals surface area contributed by atoms with Crippen LogP contribution in [0.5, 0.6) is 0 Å². The fourth-order valence-electron chi connectivity index (χ4n) is 2.91. The minimum atomic E-state index is -1.05. The number of aromatic nitrogens is 1. The van der Waals surface area contributed by atoms with Gasteiger partial charge in [-0.3, -0.25) is 19.2 Å². The summed E-state index contributed by atoms with van der Waals surface area (Å²) in [5.41, 5.74) is -0.835. The quantitative estimate of drug-likeness (QED) is 0.346. The van der Waals surface area contributed by atoms with Crippen LogP contribution in [0.2, 0.25) is 0 Å². The van der Waals surface area contributed by atoms with Gasteiger partial charge in [-0.15, -0.1) is 0 Å². The fraction of sp³-hybridized carbons (Fsp3) is 0.708. The number of aryl methyl sites for hydroxylation is 1. The summed E-state index contributed by atoms with van der Waals surface area (Å²) in [5, 5.41) is 11.2. The summed E-state index contributed by atoms with van der Waals surface area (Å²) < 4.78 is 19.3. The van der Waals surface area contributed by atoms with Gasteiger partial charge in [-0.05, 0) is 26.2 Å². The second-order valence-corrected chi connectivity index (χ2v) is 8.56. The molecule has 36 heavy (non-hydrogen) atoms. The molecule has 0 aromatic carbocycles. The Bertz CT molecular complexity index is 836. The van der Waals surface area contributed by atoms with Crippen LogP contribution in [0.15, 0.2) is 10.6 Å². The number of carbonyl (C=O) groups excluding carboxylic acids is 4. The molecule has 12 nitrogen and oxygen atoms in total. The molecule has 0 saturated carbocycles. The number of ketones is 1. The Morgan fingerprint density at radius 2 is 1.69 bits per heavy atom. The Kier molecular flexibility index (Phi) is 15.5. The highest BCUT2D eigenvalue weighted by atomic mass is 16.6. The number of hydrogen-bond donors (Lipinski definition) is 3. The van der Waals surface area contributed by atoms with E-state index in [0.717, 1.165) is 0 Å². The Balaban J connectivity index is 0.00000227. The van der Waals surface area contributed by atoms with Crippen LogP contribution in [-0.2, 0) is 28.6 Å². The second-order valence-electron chi connectivity index (χ2n) is 8.56. The van der Waals surface area contributed by atoms with Gasteiger partial charge in [0.1, 0.15) is 17.4 Å². The van der Waals surface area contributed by atoms with Crippen molar-refractivity contribution in [2.45, 2.75) is 65.6 Å². The van der Waals surface area contributed by atoms with Crippen LogP contribution >= 0.6 is 0 Å². The Hall–Kier alpha value is -2.83. The number of Topliss-reactive ketones (excluding diaryl/α,β-unsaturated/α-hetero) is 1. The standard InChI is InChI=1S/C20H30N4O7.C2H6O.C2H6/c1-11(2)6-13(17(26)20(4)10-30-20)22-16(25)8-21-18(27)15(9-29-5)23-19(28)14-7-12(3)31-24-14;1-3-2;1-2/h7,11,13,15H,6,8-10H2,1-5H3,(H,21,27)(H,22,25)(H,23,28);1-2H3;1-2H3/t13-,15-,20+;;/m0../s1. The number of nitrogens with one attached hydrogen (secondary N) is 3. The van der Waals surface area contributed by atoms with Gasteiger partial charge in [0.15, 0.2) is 11.5 Å². The summed E-state index contributed by atoms with van der Waals surface area (Å²) in [5.74, 6) is -1.31. The number of epoxide rings is 1. The van der Waals surface area contributed by atoms with Gasteiger partial charge in [0, 0.05) is 27.4 Å². The maximum Gasteiger partial charge on any atom is 0.274 e. The lowest BCUT2D eigenvalue weighted by atomic mass is 9.93. The third-order valence-electron chi connectivity index (χ3n) is 4.70. The third kappa shape index (κ3) is 11.7. The van der Waals surface area contributed by atoms with Gasteiger partial charge >= 0.3 is 0 Å². The van der Waals surface area contributed by atoms with Gasteiger partial charge in [0.2, 0.25) is 11.8 Å². The van der Waals surface area contributed by atoms with Crippen molar-refractivity contribution in [3.05, 3.63) is 17.5 Å². The number of rotatable bonds is 12. The lowest BCUT2D eigenvalue weighted by molar-refractivity contribution is -0.131. The van der Waals surface area contributed by atoms with Crippen LogP contribution in [0.1, 0.15) is 57.3 Å². The molecule has 0 radical (unpaired) electrons. The predicted octanol–water partition coefficient (Wildman–Crippen LogP) is 1.02. The fourth-order valence-corrected chi connectivity index (χ4v) is 2.91. The zero-order valence-electron chi connectivity index (χ0n) is 22.9.